The average Bonchev–Trinajstić information content (AvgIpc) is 2.69. The molecule has 1 fully saturated rings. The van der Waals surface area contributed by atoms with E-state index in [-0.39, 0.29) is 30.1 Å². The Bertz CT molecular complexity index is 853. The van der Waals surface area contributed by atoms with E-state index in [4.69, 9.17) is 11.6 Å². The number of hydrogen-bond acceptors (Lipinski definition) is 3. The van der Waals surface area contributed by atoms with Gasteiger partial charge in [0.15, 0.2) is 0 Å². The van der Waals surface area contributed by atoms with Gasteiger partial charge in [0.1, 0.15) is 5.82 Å². The van der Waals surface area contributed by atoms with E-state index in [1.54, 1.807) is 36.4 Å². The summed E-state index contributed by atoms with van der Waals surface area (Å²) in [7, 11) is 0. The Labute approximate surface area is 168 Å². The highest BCUT2D eigenvalue weighted by molar-refractivity contribution is 6.34. The first kappa shape index (κ1) is 20.1. The minimum absolute atomic E-state index is 0.104. The van der Waals surface area contributed by atoms with Crippen molar-refractivity contribution in [2.75, 3.05) is 17.2 Å². The van der Waals surface area contributed by atoms with Gasteiger partial charge in [0, 0.05) is 11.7 Å². The van der Waals surface area contributed by atoms with Crippen LogP contribution in [0.3, 0.4) is 0 Å². The average molecular weight is 404 g/mol. The molecule has 1 aliphatic carbocycles. The molecule has 2 aromatic carbocycles. The number of hydrogen-bond donors (Lipinski definition) is 3. The largest absolute Gasteiger partial charge is 0.374 e. The van der Waals surface area contributed by atoms with Crippen molar-refractivity contribution < 1.29 is 14.0 Å². The number of carbonyl (C=O) groups excluding carboxylic acids is 2. The van der Waals surface area contributed by atoms with Crippen molar-refractivity contribution in [1.29, 1.82) is 0 Å². The molecule has 0 unspecified atom stereocenters. The van der Waals surface area contributed by atoms with Crippen LogP contribution in [0.1, 0.15) is 42.5 Å². The molecular weight excluding hydrogens is 381 g/mol. The molecule has 0 atom stereocenters. The minimum Gasteiger partial charge on any atom is -0.374 e. The van der Waals surface area contributed by atoms with Gasteiger partial charge in [0.05, 0.1) is 22.8 Å². The SMILES string of the molecule is O=C(CNc1ccccc1F)Nc1ccc(Cl)c(C(=O)NC2CCCCC2)c1. The summed E-state index contributed by atoms with van der Waals surface area (Å²) in [5.41, 5.74) is 1.03. The van der Waals surface area contributed by atoms with Crippen LogP contribution in [0.15, 0.2) is 42.5 Å². The second kappa shape index (κ2) is 9.55. The highest BCUT2D eigenvalue weighted by Gasteiger charge is 2.19. The van der Waals surface area contributed by atoms with Gasteiger partial charge in [-0.15, -0.1) is 0 Å². The fourth-order valence-electron chi connectivity index (χ4n) is 3.27. The number of nitrogens with one attached hydrogen (secondary N) is 3. The molecule has 2 amide bonds. The van der Waals surface area contributed by atoms with Crippen LogP contribution in [0.4, 0.5) is 15.8 Å². The number of anilines is 2. The van der Waals surface area contributed by atoms with E-state index in [2.05, 4.69) is 16.0 Å². The van der Waals surface area contributed by atoms with Gasteiger partial charge < -0.3 is 16.0 Å². The van der Waals surface area contributed by atoms with Crippen molar-refractivity contribution in [2.45, 2.75) is 38.1 Å². The fourth-order valence-corrected chi connectivity index (χ4v) is 3.48. The molecule has 0 radical (unpaired) electrons. The molecule has 0 bridgehead atoms. The lowest BCUT2D eigenvalue weighted by molar-refractivity contribution is -0.114. The maximum absolute atomic E-state index is 13.6. The molecule has 2 aromatic rings. The summed E-state index contributed by atoms with van der Waals surface area (Å²) in [6.07, 6.45) is 5.38. The Hall–Kier alpha value is -2.60. The van der Waals surface area contributed by atoms with E-state index in [1.165, 1.54) is 12.5 Å². The van der Waals surface area contributed by atoms with Gasteiger partial charge in [0.2, 0.25) is 5.91 Å². The third-order valence-electron chi connectivity index (χ3n) is 4.75. The lowest BCUT2D eigenvalue weighted by Gasteiger charge is -2.23. The molecule has 7 heteroatoms. The normalized spacial score (nSPS) is 14.4. The van der Waals surface area contributed by atoms with E-state index in [9.17, 15) is 14.0 Å². The molecule has 1 aliphatic rings. The van der Waals surface area contributed by atoms with E-state index < -0.39 is 5.82 Å². The van der Waals surface area contributed by atoms with Crippen molar-refractivity contribution in [3.8, 4) is 0 Å². The Kier molecular flexibility index (Phi) is 6.87. The van der Waals surface area contributed by atoms with Crippen LogP contribution in [0.25, 0.3) is 0 Å². The molecule has 1 saturated carbocycles. The molecule has 28 heavy (non-hydrogen) atoms. The maximum atomic E-state index is 13.6. The highest BCUT2D eigenvalue weighted by atomic mass is 35.5. The first-order chi connectivity index (χ1) is 13.5. The second-order valence-corrected chi connectivity index (χ2v) is 7.29. The summed E-state index contributed by atoms with van der Waals surface area (Å²) >= 11 is 6.18. The third-order valence-corrected chi connectivity index (χ3v) is 5.08. The molecule has 5 nitrogen and oxygen atoms in total. The standard InChI is InChI=1S/C21H23ClFN3O2/c22-17-11-10-15(12-16(17)21(28)26-14-6-2-1-3-7-14)25-20(27)13-24-19-9-5-4-8-18(19)23/h4-5,8-12,14,24H,1-3,6-7,13H2,(H,25,27)(H,26,28). The lowest BCUT2D eigenvalue weighted by atomic mass is 9.95. The van der Waals surface area contributed by atoms with Crippen LogP contribution in [0.5, 0.6) is 0 Å². The number of carbonyl (C=O) groups is 2. The quantitative estimate of drug-likeness (QED) is 0.660. The Morgan fingerprint density at radius 1 is 1.07 bits per heavy atom. The molecule has 0 aromatic heterocycles. The molecule has 0 spiro atoms. The molecule has 0 heterocycles. The highest BCUT2D eigenvalue weighted by Crippen LogP contribution is 2.23. The summed E-state index contributed by atoms with van der Waals surface area (Å²) in [4.78, 5) is 24.7. The summed E-state index contributed by atoms with van der Waals surface area (Å²) in [5.74, 6) is -1.02. The van der Waals surface area contributed by atoms with Crippen LogP contribution in [0.2, 0.25) is 5.02 Å². The van der Waals surface area contributed by atoms with E-state index >= 15 is 0 Å². The number of amides is 2. The Morgan fingerprint density at radius 2 is 1.82 bits per heavy atom. The summed E-state index contributed by atoms with van der Waals surface area (Å²) in [6.45, 7) is -0.104. The van der Waals surface area contributed by atoms with E-state index in [1.807, 2.05) is 0 Å². The minimum atomic E-state index is -0.427. The molecule has 3 N–H and O–H groups in total. The first-order valence-corrected chi connectivity index (χ1v) is 9.79. The van der Waals surface area contributed by atoms with Gasteiger partial charge in [-0.2, -0.15) is 0 Å². The zero-order chi connectivity index (χ0) is 19.9. The molecule has 3 rings (SSSR count). The van der Waals surface area contributed by atoms with Crippen LogP contribution >= 0.6 is 11.6 Å². The Morgan fingerprint density at radius 3 is 2.57 bits per heavy atom. The van der Waals surface area contributed by atoms with Gasteiger partial charge in [-0.3, -0.25) is 9.59 Å². The molecule has 0 aliphatic heterocycles. The van der Waals surface area contributed by atoms with Crippen molar-refractivity contribution in [3.05, 3.63) is 58.9 Å². The maximum Gasteiger partial charge on any atom is 0.253 e. The summed E-state index contributed by atoms with van der Waals surface area (Å²) in [6, 6.07) is 11.1. The predicted octanol–water partition coefficient (Wildman–Crippen LogP) is 4.59. The lowest BCUT2D eigenvalue weighted by Crippen LogP contribution is -2.36. The van der Waals surface area contributed by atoms with Crippen LogP contribution < -0.4 is 16.0 Å². The molecule has 148 valence electrons. The Balaban J connectivity index is 1.59. The van der Waals surface area contributed by atoms with Crippen molar-refractivity contribution >= 4 is 34.8 Å². The van der Waals surface area contributed by atoms with Gasteiger partial charge in [-0.05, 0) is 43.2 Å². The van der Waals surface area contributed by atoms with Crippen molar-refractivity contribution in [2.24, 2.45) is 0 Å². The number of rotatable bonds is 6. The van der Waals surface area contributed by atoms with E-state index in [0.29, 0.717) is 16.3 Å². The number of benzene rings is 2. The van der Waals surface area contributed by atoms with Crippen LogP contribution in [0, 0.1) is 5.82 Å². The number of halogens is 2. The molecule has 0 saturated heterocycles. The van der Waals surface area contributed by atoms with Gasteiger partial charge in [0.25, 0.3) is 5.91 Å². The second-order valence-electron chi connectivity index (χ2n) is 6.88. The van der Waals surface area contributed by atoms with Crippen LogP contribution in [-0.2, 0) is 4.79 Å². The van der Waals surface area contributed by atoms with Crippen molar-refractivity contribution in [3.63, 3.8) is 0 Å². The predicted molar refractivity (Wildman–Crippen MR) is 109 cm³/mol. The zero-order valence-electron chi connectivity index (χ0n) is 15.4. The molecular formula is C21H23ClFN3O2. The topological polar surface area (TPSA) is 70.2 Å². The van der Waals surface area contributed by atoms with Gasteiger partial charge in [-0.25, -0.2) is 4.39 Å². The zero-order valence-corrected chi connectivity index (χ0v) is 16.2. The van der Waals surface area contributed by atoms with Gasteiger partial charge >= 0.3 is 0 Å². The van der Waals surface area contributed by atoms with Crippen LogP contribution in [-0.4, -0.2) is 24.4 Å². The summed E-state index contributed by atoms with van der Waals surface area (Å²) in [5, 5.41) is 8.79. The fraction of sp³-hybridized carbons (Fsp3) is 0.333. The smallest absolute Gasteiger partial charge is 0.253 e. The monoisotopic (exact) mass is 403 g/mol. The van der Waals surface area contributed by atoms with Gasteiger partial charge in [-0.1, -0.05) is 43.0 Å². The van der Waals surface area contributed by atoms with Crippen molar-refractivity contribution in [1.82, 2.24) is 5.32 Å². The summed E-state index contributed by atoms with van der Waals surface area (Å²) < 4.78 is 13.6. The van der Waals surface area contributed by atoms with E-state index in [0.717, 1.165) is 25.7 Å². The first-order valence-electron chi connectivity index (χ1n) is 9.41. The number of para-hydroxylation sites is 1. The third kappa shape index (κ3) is 5.45.